The molecule has 1 amide bonds. The molecule has 0 aliphatic carbocycles. The summed E-state index contributed by atoms with van der Waals surface area (Å²) < 4.78 is 26.3. The number of carbonyl (C=O) groups is 1. The summed E-state index contributed by atoms with van der Waals surface area (Å²) in [6.07, 6.45) is 0.836. The molecule has 1 saturated heterocycles. The smallest absolute Gasteiger partial charge is 0.256 e. The van der Waals surface area contributed by atoms with E-state index in [1.807, 2.05) is 0 Å². The van der Waals surface area contributed by atoms with Gasteiger partial charge in [0.05, 0.1) is 5.56 Å². The molecular formula is C11H10BrF2NO. The van der Waals surface area contributed by atoms with Gasteiger partial charge in [-0.05, 0) is 18.6 Å². The Bertz CT molecular complexity index is 424. The second kappa shape index (κ2) is 4.49. The molecule has 0 radical (unpaired) electrons. The van der Waals surface area contributed by atoms with Crippen LogP contribution < -0.4 is 0 Å². The Kier molecular flexibility index (Phi) is 3.23. The largest absolute Gasteiger partial charge is 0.337 e. The number of hydrogen-bond acceptors (Lipinski definition) is 1. The van der Waals surface area contributed by atoms with Gasteiger partial charge in [-0.15, -0.1) is 0 Å². The van der Waals surface area contributed by atoms with E-state index in [2.05, 4.69) is 15.9 Å². The van der Waals surface area contributed by atoms with Crippen LogP contribution >= 0.6 is 15.9 Å². The van der Waals surface area contributed by atoms with Crippen molar-refractivity contribution in [3.05, 3.63) is 35.4 Å². The van der Waals surface area contributed by atoms with Crippen LogP contribution in [0.25, 0.3) is 0 Å². The van der Waals surface area contributed by atoms with Gasteiger partial charge in [-0.25, -0.2) is 8.78 Å². The van der Waals surface area contributed by atoms with Gasteiger partial charge in [0.2, 0.25) is 0 Å². The molecule has 5 heteroatoms. The Hall–Kier alpha value is -0.970. The molecule has 0 bridgehead atoms. The minimum atomic E-state index is -1.06. The summed E-state index contributed by atoms with van der Waals surface area (Å²) >= 11 is 3.39. The molecule has 1 unspecified atom stereocenters. The zero-order valence-corrected chi connectivity index (χ0v) is 10.0. The molecule has 86 valence electrons. The predicted molar refractivity (Wildman–Crippen MR) is 59.6 cm³/mol. The van der Waals surface area contributed by atoms with Crippen LogP contribution in [0.1, 0.15) is 16.8 Å². The zero-order valence-electron chi connectivity index (χ0n) is 8.42. The number of alkyl halides is 1. The average molecular weight is 290 g/mol. The molecule has 1 aromatic rings. The Morgan fingerprint density at radius 3 is 2.81 bits per heavy atom. The maximum Gasteiger partial charge on any atom is 0.256 e. The summed E-state index contributed by atoms with van der Waals surface area (Å²) in [4.78, 5) is 13.6. The van der Waals surface area contributed by atoms with Crippen molar-refractivity contribution < 1.29 is 13.6 Å². The molecule has 16 heavy (non-hydrogen) atoms. The lowest BCUT2D eigenvalue weighted by Gasteiger charge is -2.15. The van der Waals surface area contributed by atoms with E-state index in [9.17, 15) is 13.6 Å². The van der Waals surface area contributed by atoms with Gasteiger partial charge in [0.1, 0.15) is 0 Å². The Balaban J connectivity index is 2.24. The zero-order chi connectivity index (χ0) is 11.7. The minimum Gasteiger partial charge on any atom is -0.337 e. The van der Waals surface area contributed by atoms with Gasteiger partial charge in [0, 0.05) is 17.9 Å². The molecule has 1 aromatic carbocycles. The molecule has 0 spiro atoms. The molecule has 0 saturated carbocycles. The maximum atomic E-state index is 13.4. The number of carbonyl (C=O) groups excluding carboxylic acids is 1. The van der Waals surface area contributed by atoms with Crippen molar-refractivity contribution in [1.29, 1.82) is 0 Å². The molecule has 1 aliphatic rings. The fourth-order valence-electron chi connectivity index (χ4n) is 1.74. The van der Waals surface area contributed by atoms with Crippen LogP contribution in [0.5, 0.6) is 0 Å². The van der Waals surface area contributed by atoms with Gasteiger partial charge >= 0.3 is 0 Å². The summed E-state index contributed by atoms with van der Waals surface area (Å²) in [6, 6.07) is 3.65. The Morgan fingerprint density at radius 2 is 2.19 bits per heavy atom. The van der Waals surface area contributed by atoms with Crippen LogP contribution in [0.15, 0.2) is 18.2 Å². The first kappa shape index (κ1) is 11.5. The van der Waals surface area contributed by atoms with E-state index < -0.39 is 17.5 Å². The molecule has 1 heterocycles. The van der Waals surface area contributed by atoms with Gasteiger partial charge in [0.15, 0.2) is 11.6 Å². The van der Waals surface area contributed by atoms with E-state index >= 15 is 0 Å². The lowest BCUT2D eigenvalue weighted by atomic mass is 10.2. The monoisotopic (exact) mass is 289 g/mol. The third-order valence-corrected chi connectivity index (χ3v) is 3.35. The highest BCUT2D eigenvalue weighted by atomic mass is 79.9. The van der Waals surface area contributed by atoms with Gasteiger partial charge < -0.3 is 4.90 Å². The molecule has 1 atom stereocenters. The fraction of sp³-hybridized carbons (Fsp3) is 0.364. The highest BCUT2D eigenvalue weighted by molar-refractivity contribution is 9.09. The Morgan fingerprint density at radius 1 is 1.44 bits per heavy atom. The SMILES string of the molecule is O=C(c1cccc(F)c1F)N1CCC(Br)C1. The summed E-state index contributed by atoms with van der Waals surface area (Å²) in [5, 5.41) is 0. The van der Waals surface area contributed by atoms with Crippen LogP contribution in [-0.2, 0) is 0 Å². The third-order valence-electron chi connectivity index (χ3n) is 2.60. The average Bonchev–Trinajstić information content (AvgIpc) is 2.68. The quantitative estimate of drug-likeness (QED) is 0.728. The van der Waals surface area contributed by atoms with E-state index in [4.69, 9.17) is 0 Å². The van der Waals surface area contributed by atoms with Crippen molar-refractivity contribution in [2.24, 2.45) is 0 Å². The lowest BCUT2D eigenvalue weighted by molar-refractivity contribution is 0.0787. The normalized spacial score (nSPS) is 20.2. The van der Waals surface area contributed by atoms with Gasteiger partial charge in [-0.1, -0.05) is 22.0 Å². The second-order valence-corrected chi connectivity index (χ2v) is 5.03. The van der Waals surface area contributed by atoms with Crippen LogP contribution in [0, 0.1) is 11.6 Å². The van der Waals surface area contributed by atoms with Crippen LogP contribution in [0.2, 0.25) is 0 Å². The standard InChI is InChI=1S/C11H10BrF2NO/c12-7-4-5-15(6-7)11(16)8-2-1-3-9(13)10(8)14/h1-3,7H,4-6H2. The topological polar surface area (TPSA) is 20.3 Å². The molecule has 2 nitrogen and oxygen atoms in total. The number of likely N-dealkylation sites (tertiary alicyclic amines) is 1. The molecule has 1 fully saturated rings. The third kappa shape index (κ3) is 2.09. The number of halogens is 3. The molecule has 2 rings (SSSR count). The molecule has 0 N–H and O–H groups in total. The first-order valence-corrected chi connectivity index (χ1v) is 5.88. The van der Waals surface area contributed by atoms with Gasteiger partial charge in [0.25, 0.3) is 5.91 Å². The van der Waals surface area contributed by atoms with E-state index in [0.29, 0.717) is 13.1 Å². The summed E-state index contributed by atoms with van der Waals surface area (Å²) in [7, 11) is 0. The summed E-state index contributed by atoms with van der Waals surface area (Å²) in [5.74, 6) is -2.50. The van der Waals surface area contributed by atoms with Gasteiger partial charge in [-0.2, -0.15) is 0 Å². The van der Waals surface area contributed by atoms with Gasteiger partial charge in [-0.3, -0.25) is 4.79 Å². The minimum absolute atomic E-state index is 0.193. The number of benzene rings is 1. The highest BCUT2D eigenvalue weighted by Crippen LogP contribution is 2.20. The highest BCUT2D eigenvalue weighted by Gasteiger charge is 2.27. The first-order chi connectivity index (χ1) is 7.59. The fourth-order valence-corrected chi connectivity index (χ4v) is 2.30. The molecule has 0 aromatic heterocycles. The van der Waals surface area contributed by atoms with Crippen molar-refractivity contribution in [3.8, 4) is 0 Å². The van der Waals surface area contributed by atoms with E-state index in [-0.39, 0.29) is 10.4 Å². The van der Waals surface area contributed by atoms with E-state index in [1.165, 1.54) is 17.0 Å². The maximum absolute atomic E-state index is 13.4. The second-order valence-electron chi connectivity index (χ2n) is 3.74. The lowest BCUT2D eigenvalue weighted by Crippen LogP contribution is -2.29. The van der Waals surface area contributed by atoms with Crippen molar-refractivity contribution >= 4 is 21.8 Å². The van der Waals surface area contributed by atoms with Crippen molar-refractivity contribution in [2.75, 3.05) is 13.1 Å². The molecule has 1 aliphatic heterocycles. The Labute approximate surface area is 100 Å². The number of hydrogen-bond donors (Lipinski definition) is 0. The number of nitrogens with zero attached hydrogens (tertiary/aromatic N) is 1. The van der Waals surface area contributed by atoms with Crippen molar-refractivity contribution in [2.45, 2.75) is 11.2 Å². The van der Waals surface area contributed by atoms with Crippen LogP contribution in [-0.4, -0.2) is 28.7 Å². The van der Waals surface area contributed by atoms with Crippen LogP contribution in [0.3, 0.4) is 0 Å². The first-order valence-electron chi connectivity index (χ1n) is 4.97. The van der Waals surface area contributed by atoms with E-state index in [1.54, 1.807) is 0 Å². The van der Waals surface area contributed by atoms with E-state index in [0.717, 1.165) is 12.5 Å². The predicted octanol–water partition coefficient (Wildman–Crippen LogP) is 2.57. The summed E-state index contributed by atoms with van der Waals surface area (Å²) in [6.45, 7) is 1.11. The van der Waals surface area contributed by atoms with Crippen molar-refractivity contribution in [3.63, 3.8) is 0 Å². The summed E-state index contributed by atoms with van der Waals surface area (Å²) in [5.41, 5.74) is -0.193. The number of amides is 1. The van der Waals surface area contributed by atoms with Crippen LogP contribution in [0.4, 0.5) is 8.78 Å². The number of rotatable bonds is 1. The van der Waals surface area contributed by atoms with Crippen molar-refractivity contribution in [1.82, 2.24) is 4.90 Å². The molecular weight excluding hydrogens is 280 g/mol.